The number of alkyl carbamates (subject to hydrolysis) is 1. The van der Waals surface area contributed by atoms with Crippen LogP contribution < -0.4 is 15.5 Å². The molecule has 0 radical (unpaired) electrons. The number of nitrogens with zero attached hydrogens (tertiary/aromatic N) is 3. The number of hydrogen-bond donors (Lipinski definition) is 2. The second-order valence-corrected chi connectivity index (χ2v) is 6.61. The van der Waals surface area contributed by atoms with Crippen LogP contribution in [0.4, 0.5) is 10.6 Å². The van der Waals surface area contributed by atoms with E-state index < -0.39 is 6.09 Å². The summed E-state index contributed by atoms with van der Waals surface area (Å²) in [6.45, 7) is 2.15. The van der Waals surface area contributed by atoms with Gasteiger partial charge in [-0.3, -0.25) is 9.78 Å². The smallest absolute Gasteiger partial charge is 0.407 e. The summed E-state index contributed by atoms with van der Waals surface area (Å²) in [6, 6.07) is 7.88. The third kappa shape index (κ3) is 5.29. The van der Waals surface area contributed by atoms with Crippen LogP contribution in [0.5, 0.6) is 0 Å². The molecular formula is C19H25N5O3. The second kappa shape index (κ2) is 9.16. The lowest BCUT2D eigenvalue weighted by Gasteiger charge is -2.32. The fourth-order valence-corrected chi connectivity index (χ4v) is 3.18. The Hall–Kier alpha value is -2.90. The molecule has 1 aliphatic heterocycles. The highest BCUT2D eigenvalue weighted by atomic mass is 16.6. The molecule has 0 unspecified atom stereocenters. The van der Waals surface area contributed by atoms with E-state index in [9.17, 15) is 9.59 Å². The topological polar surface area (TPSA) is 96.4 Å². The number of amides is 2. The van der Waals surface area contributed by atoms with Crippen molar-refractivity contribution in [3.63, 3.8) is 0 Å². The SMILES string of the molecule is CNC(=O)COC(=O)NCCC1CCN(c2cnc3ccccc3n2)CC1. The molecule has 0 atom stereocenters. The minimum absolute atomic E-state index is 0.256. The Morgan fingerprint density at radius 3 is 2.70 bits per heavy atom. The molecule has 3 rings (SSSR count). The molecule has 0 bridgehead atoms. The number of piperidine rings is 1. The Balaban J connectivity index is 1.39. The molecule has 2 N–H and O–H groups in total. The van der Waals surface area contributed by atoms with Crippen LogP contribution in [0.25, 0.3) is 11.0 Å². The van der Waals surface area contributed by atoms with E-state index in [0.717, 1.165) is 49.2 Å². The lowest BCUT2D eigenvalue weighted by Crippen LogP contribution is -2.36. The van der Waals surface area contributed by atoms with Gasteiger partial charge in [0.25, 0.3) is 5.91 Å². The average molecular weight is 371 g/mol. The van der Waals surface area contributed by atoms with E-state index in [0.29, 0.717) is 12.5 Å². The van der Waals surface area contributed by atoms with Gasteiger partial charge in [-0.25, -0.2) is 9.78 Å². The van der Waals surface area contributed by atoms with E-state index in [1.807, 2.05) is 30.5 Å². The number of nitrogens with one attached hydrogen (secondary N) is 2. The number of likely N-dealkylation sites (N-methyl/N-ethyl adjacent to an activating group) is 1. The van der Waals surface area contributed by atoms with Crippen molar-refractivity contribution in [1.82, 2.24) is 20.6 Å². The quantitative estimate of drug-likeness (QED) is 0.802. The molecule has 1 fully saturated rings. The Kier molecular flexibility index (Phi) is 6.40. The first kappa shape index (κ1) is 18.9. The van der Waals surface area contributed by atoms with Crippen molar-refractivity contribution in [2.75, 3.05) is 38.2 Å². The molecule has 8 nitrogen and oxygen atoms in total. The van der Waals surface area contributed by atoms with Crippen LogP contribution in [0.1, 0.15) is 19.3 Å². The van der Waals surface area contributed by atoms with Crippen molar-refractivity contribution in [1.29, 1.82) is 0 Å². The number of carbonyl (C=O) groups excluding carboxylic acids is 2. The number of para-hydroxylation sites is 2. The molecule has 27 heavy (non-hydrogen) atoms. The van der Waals surface area contributed by atoms with Crippen LogP contribution in [0, 0.1) is 5.92 Å². The number of ether oxygens (including phenoxy) is 1. The molecule has 2 heterocycles. The molecule has 1 aromatic carbocycles. The molecule has 0 saturated carbocycles. The summed E-state index contributed by atoms with van der Waals surface area (Å²) < 4.78 is 4.81. The Bertz CT molecular complexity index is 790. The lowest BCUT2D eigenvalue weighted by molar-refractivity contribution is -0.123. The van der Waals surface area contributed by atoms with E-state index in [1.54, 1.807) is 0 Å². The van der Waals surface area contributed by atoms with Gasteiger partial charge in [0.15, 0.2) is 6.61 Å². The molecular weight excluding hydrogens is 346 g/mol. The summed E-state index contributed by atoms with van der Waals surface area (Å²) in [4.78, 5) is 34.0. The van der Waals surface area contributed by atoms with E-state index in [4.69, 9.17) is 9.72 Å². The van der Waals surface area contributed by atoms with Gasteiger partial charge in [-0.2, -0.15) is 0 Å². The van der Waals surface area contributed by atoms with E-state index in [2.05, 4.69) is 20.5 Å². The third-order valence-corrected chi connectivity index (χ3v) is 4.81. The zero-order valence-corrected chi connectivity index (χ0v) is 15.5. The van der Waals surface area contributed by atoms with Crippen molar-refractivity contribution in [2.45, 2.75) is 19.3 Å². The van der Waals surface area contributed by atoms with E-state index >= 15 is 0 Å². The number of carbonyl (C=O) groups is 2. The van der Waals surface area contributed by atoms with Gasteiger partial charge < -0.3 is 20.3 Å². The highest BCUT2D eigenvalue weighted by Crippen LogP contribution is 2.24. The summed E-state index contributed by atoms with van der Waals surface area (Å²) in [5, 5.41) is 5.09. The van der Waals surface area contributed by atoms with E-state index in [-0.39, 0.29) is 12.5 Å². The lowest BCUT2D eigenvalue weighted by atomic mass is 9.93. The van der Waals surface area contributed by atoms with Crippen LogP contribution in [0.2, 0.25) is 0 Å². The Morgan fingerprint density at radius 1 is 1.22 bits per heavy atom. The summed E-state index contributed by atoms with van der Waals surface area (Å²) in [6.07, 6.45) is 4.27. The van der Waals surface area contributed by atoms with Gasteiger partial charge in [-0.05, 0) is 37.3 Å². The molecule has 1 aromatic heterocycles. The number of hydrogen-bond acceptors (Lipinski definition) is 6. The molecule has 8 heteroatoms. The number of rotatable bonds is 6. The van der Waals surface area contributed by atoms with Crippen molar-refractivity contribution >= 4 is 28.9 Å². The predicted molar refractivity (Wildman–Crippen MR) is 103 cm³/mol. The molecule has 0 spiro atoms. The van der Waals surface area contributed by atoms with Gasteiger partial charge in [0.2, 0.25) is 0 Å². The maximum absolute atomic E-state index is 11.5. The van der Waals surface area contributed by atoms with Gasteiger partial charge in [0.05, 0.1) is 17.2 Å². The summed E-state index contributed by atoms with van der Waals surface area (Å²) >= 11 is 0. The molecule has 2 amide bonds. The van der Waals surface area contributed by atoms with Crippen molar-refractivity contribution in [3.8, 4) is 0 Å². The van der Waals surface area contributed by atoms with E-state index in [1.165, 1.54) is 7.05 Å². The zero-order chi connectivity index (χ0) is 19.1. The minimum atomic E-state index is -0.553. The van der Waals surface area contributed by atoms with Crippen molar-refractivity contribution < 1.29 is 14.3 Å². The second-order valence-electron chi connectivity index (χ2n) is 6.61. The Labute approximate surface area is 158 Å². The summed E-state index contributed by atoms with van der Waals surface area (Å²) in [7, 11) is 1.50. The first-order valence-electron chi connectivity index (χ1n) is 9.23. The first-order valence-corrected chi connectivity index (χ1v) is 9.23. The number of anilines is 1. The van der Waals surface area contributed by atoms with Gasteiger partial charge in [-0.15, -0.1) is 0 Å². The fourth-order valence-electron chi connectivity index (χ4n) is 3.18. The fraction of sp³-hybridized carbons (Fsp3) is 0.474. The van der Waals surface area contributed by atoms with Crippen LogP contribution >= 0.6 is 0 Å². The molecule has 144 valence electrons. The van der Waals surface area contributed by atoms with Crippen LogP contribution in [-0.4, -0.2) is 55.3 Å². The largest absolute Gasteiger partial charge is 0.439 e. The molecule has 0 aliphatic carbocycles. The van der Waals surface area contributed by atoms with Crippen LogP contribution in [0.3, 0.4) is 0 Å². The molecule has 1 saturated heterocycles. The maximum atomic E-state index is 11.5. The van der Waals surface area contributed by atoms with Crippen LogP contribution in [-0.2, 0) is 9.53 Å². The van der Waals surface area contributed by atoms with Crippen molar-refractivity contribution in [3.05, 3.63) is 30.5 Å². The normalized spacial score (nSPS) is 14.8. The number of fused-ring (bicyclic) bond motifs is 1. The highest BCUT2D eigenvalue weighted by molar-refractivity contribution is 5.79. The standard InChI is InChI=1S/C19H25N5O3/c1-20-18(25)13-27-19(26)21-9-6-14-7-10-24(11-8-14)17-12-22-15-4-2-3-5-16(15)23-17/h2-5,12,14H,6-11,13H2,1H3,(H,20,25)(H,21,26). The predicted octanol–water partition coefficient (Wildman–Crippen LogP) is 1.71. The first-order chi connectivity index (χ1) is 13.2. The highest BCUT2D eigenvalue weighted by Gasteiger charge is 2.20. The van der Waals surface area contributed by atoms with Crippen molar-refractivity contribution in [2.24, 2.45) is 5.92 Å². The molecule has 2 aromatic rings. The number of aromatic nitrogens is 2. The van der Waals surface area contributed by atoms with Gasteiger partial charge >= 0.3 is 6.09 Å². The Morgan fingerprint density at radius 2 is 1.96 bits per heavy atom. The van der Waals surface area contributed by atoms with Gasteiger partial charge in [-0.1, -0.05) is 12.1 Å². The average Bonchev–Trinajstić information content (AvgIpc) is 2.72. The minimum Gasteiger partial charge on any atom is -0.439 e. The summed E-state index contributed by atoms with van der Waals surface area (Å²) in [5.41, 5.74) is 1.82. The maximum Gasteiger partial charge on any atom is 0.407 e. The monoisotopic (exact) mass is 371 g/mol. The van der Waals surface area contributed by atoms with Crippen LogP contribution in [0.15, 0.2) is 30.5 Å². The number of benzene rings is 1. The third-order valence-electron chi connectivity index (χ3n) is 4.81. The summed E-state index contributed by atoms with van der Waals surface area (Å²) in [5.74, 6) is 1.14. The zero-order valence-electron chi connectivity index (χ0n) is 15.5. The molecule has 1 aliphatic rings. The van der Waals surface area contributed by atoms with Gasteiger partial charge in [0, 0.05) is 26.7 Å². The van der Waals surface area contributed by atoms with Gasteiger partial charge in [0.1, 0.15) is 5.82 Å².